The molecular weight excluding hydrogens is 301 g/mol. The highest BCUT2D eigenvalue weighted by atomic mass is 32.2. The van der Waals surface area contributed by atoms with Crippen molar-refractivity contribution in [2.24, 2.45) is 0 Å². The van der Waals surface area contributed by atoms with Gasteiger partial charge in [0.2, 0.25) is 5.95 Å². The molecule has 1 aromatic heterocycles. The van der Waals surface area contributed by atoms with E-state index in [9.17, 15) is 13.2 Å². The van der Waals surface area contributed by atoms with Gasteiger partial charge >= 0.3 is 6.18 Å². The summed E-state index contributed by atoms with van der Waals surface area (Å²) < 4.78 is 38.9. The van der Waals surface area contributed by atoms with Gasteiger partial charge in [-0.3, -0.25) is 0 Å². The highest BCUT2D eigenvalue weighted by Crippen LogP contribution is 2.32. The molecule has 1 N–H and O–H groups in total. The molecule has 0 saturated carbocycles. The van der Waals surface area contributed by atoms with Crippen LogP contribution in [0.1, 0.15) is 26.0 Å². The number of nitrogens with one attached hydrogen (secondary N) is 1. The van der Waals surface area contributed by atoms with Crippen LogP contribution < -0.4 is 10.2 Å². The Bertz CT molecular complexity index is 481. The zero-order chi connectivity index (χ0) is 15.5. The van der Waals surface area contributed by atoms with Crippen LogP contribution in [0.3, 0.4) is 0 Å². The molecule has 1 atom stereocenters. The van der Waals surface area contributed by atoms with Crippen molar-refractivity contribution in [2.75, 3.05) is 35.6 Å². The van der Waals surface area contributed by atoms with E-state index in [1.54, 1.807) is 6.92 Å². The van der Waals surface area contributed by atoms with Crippen molar-refractivity contribution < 1.29 is 13.2 Å². The van der Waals surface area contributed by atoms with Gasteiger partial charge < -0.3 is 10.2 Å². The lowest BCUT2D eigenvalue weighted by Crippen LogP contribution is -2.38. The van der Waals surface area contributed by atoms with Crippen LogP contribution >= 0.6 is 11.8 Å². The molecule has 1 fully saturated rings. The molecule has 4 nitrogen and oxygen atoms in total. The maximum Gasteiger partial charge on any atom is 0.433 e. The summed E-state index contributed by atoms with van der Waals surface area (Å²) in [6.07, 6.45) is -3.46. The Morgan fingerprint density at radius 2 is 2.14 bits per heavy atom. The van der Waals surface area contributed by atoms with E-state index in [-0.39, 0.29) is 5.95 Å². The average Bonchev–Trinajstić information content (AvgIpc) is 2.46. The zero-order valence-electron chi connectivity index (χ0n) is 12.1. The first-order valence-corrected chi connectivity index (χ1v) is 8.05. The third-order valence-corrected chi connectivity index (χ3v) is 4.63. The summed E-state index contributed by atoms with van der Waals surface area (Å²) in [5, 5.41) is 3.21. The summed E-state index contributed by atoms with van der Waals surface area (Å²) in [4.78, 5) is 9.69. The van der Waals surface area contributed by atoms with Gasteiger partial charge in [-0.2, -0.15) is 29.9 Å². The molecular formula is C13H19F3N4S. The first-order chi connectivity index (χ1) is 9.94. The molecule has 2 heterocycles. The zero-order valence-corrected chi connectivity index (χ0v) is 12.9. The number of rotatable bonds is 4. The van der Waals surface area contributed by atoms with Gasteiger partial charge in [0, 0.05) is 36.7 Å². The van der Waals surface area contributed by atoms with Crippen LogP contribution in [0.4, 0.5) is 24.9 Å². The first kappa shape index (κ1) is 16.2. The number of alkyl halides is 3. The maximum atomic E-state index is 13.0. The number of hydrogen-bond donors (Lipinski definition) is 1. The molecule has 118 valence electrons. The van der Waals surface area contributed by atoms with Crippen LogP contribution in [0.15, 0.2) is 6.07 Å². The first-order valence-electron chi connectivity index (χ1n) is 7.00. The lowest BCUT2D eigenvalue weighted by Gasteiger charge is -2.33. The summed E-state index contributed by atoms with van der Waals surface area (Å²) in [5.41, 5.74) is -0.894. The Labute approximate surface area is 126 Å². The molecule has 0 bridgehead atoms. The summed E-state index contributed by atoms with van der Waals surface area (Å²) in [6.45, 7) is 5.80. The molecule has 1 unspecified atom stereocenters. The largest absolute Gasteiger partial charge is 0.433 e. The highest BCUT2D eigenvalue weighted by Gasteiger charge is 2.34. The predicted octanol–water partition coefficient (Wildman–Crippen LogP) is 3.26. The van der Waals surface area contributed by atoms with Crippen molar-refractivity contribution in [3.63, 3.8) is 0 Å². The average molecular weight is 320 g/mol. The van der Waals surface area contributed by atoms with Crippen LogP contribution in [-0.4, -0.2) is 40.6 Å². The van der Waals surface area contributed by atoms with Crippen LogP contribution in [0.5, 0.6) is 0 Å². The van der Waals surface area contributed by atoms with Crippen molar-refractivity contribution in [1.82, 2.24) is 9.97 Å². The second-order valence-corrected chi connectivity index (χ2v) is 6.22. The quantitative estimate of drug-likeness (QED) is 0.922. The Balaban J connectivity index is 2.31. The van der Waals surface area contributed by atoms with Gasteiger partial charge in [0.25, 0.3) is 0 Å². The smallest absolute Gasteiger partial charge is 0.355 e. The number of hydrogen-bond acceptors (Lipinski definition) is 5. The normalized spacial score (nSPS) is 19.7. The fourth-order valence-electron chi connectivity index (χ4n) is 2.15. The van der Waals surface area contributed by atoms with E-state index >= 15 is 0 Å². The van der Waals surface area contributed by atoms with Crippen molar-refractivity contribution in [3.05, 3.63) is 11.8 Å². The van der Waals surface area contributed by atoms with Crippen molar-refractivity contribution in [1.29, 1.82) is 0 Å². The molecule has 1 aromatic rings. The fourth-order valence-corrected chi connectivity index (χ4v) is 3.33. The SMILES string of the molecule is CCNc1nc(N2CCSC(CC)C2)cc(C(F)(F)F)n1. The second-order valence-electron chi connectivity index (χ2n) is 4.81. The van der Waals surface area contributed by atoms with Crippen molar-refractivity contribution in [3.8, 4) is 0 Å². The van der Waals surface area contributed by atoms with Gasteiger partial charge in [-0.05, 0) is 13.3 Å². The summed E-state index contributed by atoms with van der Waals surface area (Å²) in [7, 11) is 0. The van der Waals surface area contributed by atoms with E-state index in [4.69, 9.17) is 0 Å². The minimum Gasteiger partial charge on any atom is -0.355 e. The van der Waals surface area contributed by atoms with Crippen molar-refractivity contribution in [2.45, 2.75) is 31.7 Å². The van der Waals surface area contributed by atoms with Crippen LogP contribution in [-0.2, 0) is 6.18 Å². The minimum absolute atomic E-state index is 0.0357. The highest BCUT2D eigenvalue weighted by molar-refractivity contribution is 8.00. The lowest BCUT2D eigenvalue weighted by molar-refractivity contribution is -0.141. The van der Waals surface area contributed by atoms with E-state index in [2.05, 4.69) is 22.2 Å². The third kappa shape index (κ3) is 4.15. The predicted molar refractivity (Wildman–Crippen MR) is 79.9 cm³/mol. The molecule has 1 saturated heterocycles. The summed E-state index contributed by atoms with van der Waals surface area (Å²) >= 11 is 1.86. The van der Waals surface area contributed by atoms with Crippen LogP contribution in [0.25, 0.3) is 0 Å². The molecule has 0 radical (unpaired) electrons. The van der Waals surface area contributed by atoms with E-state index in [0.29, 0.717) is 24.2 Å². The van der Waals surface area contributed by atoms with E-state index in [0.717, 1.165) is 24.8 Å². The fraction of sp³-hybridized carbons (Fsp3) is 0.692. The number of nitrogens with zero attached hydrogens (tertiary/aromatic N) is 3. The Morgan fingerprint density at radius 3 is 2.76 bits per heavy atom. The number of halogens is 3. The van der Waals surface area contributed by atoms with E-state index in [1.807, 2.05) is 16.7 Å². The molecule has 0 spiro atoms. The van der Waals surface area contributed by atoms with Crippen LogP contribution in [0.2, 0.25) is 0 Å². The monoisotopic (exact) mass is 320 g/mol. The topological polar surface area (TPSA) is 41.1 Å². The Hall–Kier alpha value is -1.18. The molecule has 21 heavy (non-hydrogen) atoms. The van der Waals surface area contributed by atoms with Gasteiger partial charge in [-0.15, -0.1) is 0 Å². The lowest BCUT2D eigenvalue weighted by atomic mass is 10.3. The van der Waals surface area contributed by atoms with Crippen LogP contribution in [0, 0.1) is 0 Å². The van der Waals surface area contributed by atoms with Crippen molar-refractivity contribution >= 4 is 23.5 Å². The number of anilines is 2. The molecule has 2 rings (SSSR count). The molecule has 0 amide bonds. The Morgan fingerprint density at radius 1 is 1.38 bits per heavy atom. The summed E-state index contributed by atoms with van der Waals surface area (Å²) in [5.74, 6) is 1.29. The number of aromatic nitrogens is 2. The molecule has 0 aliphatic carbocycles. The second kappa shape index (κ2) is 6.72. The molecule has 1 aliphatic rings. The maximum absolute atomic E-state index is 13.0. The van der Waals surface area contributed by atoms with Gasteiger partial charge in [-0.25, -0.2) is 4.98 Å². The van der Waals surface area contributed by atoms with E-state index < -0.39 is 11.9 Å². The number of thioether (sulfide) groups is 1. The van der Waals surface area contributed by atoms with Gasteiger partial charge in [0.05, 0.1) is 0 Å². The van der Waals surface area contributed by atoms with Gasteiger partial charge in [0.15, 0.2) is 5.69 Å². The van der Waals surface area contributed by atoms with Gasteiger partial charge in [0.1, 0.15) is 5.82 Å². The standard InChI is InChI=1S/C13H19F3N4S/c1-3-9-8-20(5-6-21-9)11-7-10(13(14,15)16)18-12(19-11)17-4-2/h7,9H,3-6,8H2,1-2H3,(H,17,18,19). The molecule has 0 aromatic carbocycles. The minimum atomic E-state index is -4.46. The molecule has 1 aliphatic heterocycles. The van der Waals surface area contributed by atoms with Gasteiger partial charge in [-0.1, -0.05) is 6.92 Å². The Kier molecular flexibility index (Phi) is 5.18. The third-order valence-electron chi connectivity index (χ3n) is 3.26. The summed E-state index contributed by atoms with van der Waals surface area (Å²) in [6, 6.07) is 1.05. The molecule has 8 heteroatoms. The van der Waals surface area contributed by atoms with E-state index in [1.165, 1.54) is 0 Å².